The lowest BCUT2D eigenvalue weighted by Crippen LogP contribution is -2.48. The molecule has 0 unspecified atom stereocenters. The summed E-state index contributed by atoms with van der Waals surface area (Å²) in [6.45, 7) is 13.5. The Morgan fingerprint density at radius 2 is 1.46 bits per heavy atom. The first-order chi connectivity index (χ1) is 13.3. The van der Waals surface area contributed by atoms with Crippen LogP contribution in [-0.4, -0.2) is 91.3 Å². The van der Waals surface area contributed by atoms with Crippen LogP contribution in [0.2, 0.25) is 0 Å². The average Bonchev–Trinajstić information content (AvgIpc) is 2.68. The average molecular weight is 396 g/mol. The molecule has 0 radical (unpaired) electrons. The van der Waals surface area contributed by atoms with E-state index in [9.17, 15) is 9.59 Å². The third kappa shape index (κ3) is 6.08. The Kier molecular flexibility index (Phi) is 7.20. The quantitative estimate of drug-likeness (QED) is 0.733. The molecule has 0 aromatic carbocycles. The minimum absolute atomic E-state index is 0.0504. The van der Waals surface area contributed by atoms with Gasteiger partial charge in [-0.15, -0.1) is 0 Å². The zero-order valence-corrected chi connectivity index (χ0v) is 17.8. The molecular weight excluding hydrogens is 358 g/mol. The fourth-order valence-corrected chi connectivity index (χ4v) is 4.38. The highest BCUT2D eigenvalue weighted by Crippen LogP contribution is 2.25. The third-order valence-electron chi connectivity index (χ3n) is 6.04. The molecule has 28 heavy (non-hydrogen) atoms. The molecule has 3 saturated heterocycles. The van der Waals surface area contributed by atoms with Gasteiger partial charge in [0.1, 0.15) is 5.60 Å². The van der Waals surface area contributed by atoms with Crippen molar-refractivity contribution in [2.45, 2.75) is 52.1 Å². The van der Waals surface area contributed by atoms with E-state index in [1.54, 1.807) is 4.90 Å². The number of rotatable bonds is 3. The van der Waals surface area contributed by atoms with Crippen molar-refractivity contribution in [2.24, 2.45) is 11.8 Å². The third-order valence-corrected chi connectivity index (χ3v) is 6.04. The number of ether oxygens (including phenoxy) is 2. The number of amides is 2. The van der Waals surface area contributed by atoms with Crippen LogP contribution in [0.4, 0.5) is 4.79 Å². The van der Waals surface area contributed by atoms with Gasteiger partial charge in [-0.2, -0.15) is 0 Å². The summed E-state index contributed by atoms with van der Waals surface area (Å²) < 4.78 is 10.9. The summed E-state index contributed by atoms with van der Waals surface area (Å²) >= 11 is 0. The summed E-state index contributed by atoms with van der Waals surface area (Å²) in [4.78, 5) is 31.4. The van der Waals surface area contributed by atoms with Crippen molar-refractivity contribution in [1.29, 1.82) is 0 Å². The Balaban J connectivity index is 1.38. The lowest BCUT2D eigenvalue weighted by atomic mass is 9.92. The second kappa shape index (κ2) is 9.44. The topological polar surface area (TPSA) is 62.3 Å². The molecule has 0 aromatic rings. The van der Waals surface area contributed by atoms with Gasteiger partial charge in [0.05, 0.1) is 13.2 Å². The number of likely N-dealkylation sites (tertiary alicyclic amines) is 2. The number of hydrogen-bond donors (Lipinski definition) is 0. The zero-order chi connectivity index (χ0) is 20.1. The Labute approximate surface area is 169 Å². The lowest BCUT2D eigenvalue weighted by Gasteiger charge is -2.39. The maximum absolute atomic E-state index is 12.9. The van der Waals surface area contributed by atoms with Gasteiger partial charge >= 0.3 is 6.09 Å². The summed E-state index contributed by atoms with van der Waals surface area (Å²) in [6, 6.07) is 0. The standard InChI is InChI=1S/C21H37N3O4/c1-21(2,3)28-20(26)24-10-6-18(7-11-24)19(25)23-8-4-17(5-9-23)16-22-12-14-27-15-13-22/h17-18H,4-16H2,1-3H3. The summed E-state index contributed by atoms with van der Waals surface area (Å²) in [6.07, 6.45) is 3.42. The van der Waals surface area contributed by atoms with E-state index in [1.807, 2.05) is 20.8 Å². The lowest BCUT2D eigenvalue weighted by molar-refractivity contribution is -0.138. The van der Waals surface area contributed by atoms with Crippen LogP contribution >= 0.6 is 0 Å². The summed E-state index contributed by atoms with van der Waals surface area (Å²) in [5, 5.41) is 0. The van der Waals surface area contributed by atoms with Crippen LogP contribution < -0.4 is 0 Å². The van der Waals surface area contributed by atoms with Gasteiger partial charge in [-0.3, -0.25) is 9.69 Å². The highest BCUT2D eigenvalue weighted by atomic mass is 16.6. The van der Waals surface area contributed by atoms with E-state index in [0.717, 1.165) is 71.6 Å². The van der Waals surface area contributed by atoms with Crippen LogP contribution in [0.3, 0.4) is 0 Å². The molecule has 0 aromatic heterocycles. The summed E-state index contributed by atoms with van der Waals surface area (Å²) in [7, 11) is 0. The van der Waals surface area contributed by atoms with Crippen molar-refractivity contribution in [1.82, 2.24) is 14.7 Å². The Bertz CT molecular complexity index is 526. The molecule has 160 valence electrons. The predicted molar refractivity (Wildman–Crippen MR) is 107 cm³/mol. The molecule has 0 saturated carbocycles. The van der Waals surface area contributed by atoms with E-state index in [1.165, 1.54) is 0 Å². The normalized spacial score (nSPS) is 23.7. The molecule has 3 aliphatic heterocycles. The smallest absolute Gasteiger partial charge is 0.410 e. The maximum atomic E-state index is 12.9. The highest BCUT2D eigenvalue weighted by molar-refractivity contribution is 5.79. The van der Waals surface area contributed by atoms with Gasteiger partial charge in [-0.1, -0.05) is 0 Å². The Morgan fingerprint density at radius 1 is 0.893 bits per heavy atom. The highest BCUT2D eigenvalue weighted by Gasteiger charge is 2.33. The minimum Gasteiger partial charge on any atom is -0.444 e. The Hall–Kier alpha value is -1.34. The first-order valence-corrected chi connectivity index (χ1v) is 10.9. The van der Waals surface area contributed by atoms with Crippen molar-refractivity contribution < 1.29 is 19.1 Å². The molecular formula is C21H37N3O4. The number of piperidine rings is 2. The van der Waals surface area contributed by atoms with Gasteiger partial charge in [-0.05, 0) is 52.4 Å². The first-order valence-electron chi connectivity index (χ1n) is 10.9. The van der Waals surface area contributed by atoms with Crippen molar-refractivity contribution in [2.75, 3.05) is 59.0 Å². The second-order valence-electron chi connectivity index (χ2n) is 9.42. The number of carbonyl (C=O) groups excluding carboxylic acids is 2. The number of carbonyl (C=O) groups is 2. The van der Waals surface area contributed by atoms with Gasteiger partial charge < -0.3 is 19.3 Å². The van der Waals surface area contributed by atoms with Crippen LogP contribution in [-0.2, 0) is 14.3 Å². The van der Waals surface area contributed by atoms with Gasteiger partial charge in [0, 0.05) is 51.7 Å². The van der Waals surface area contributed by atoms with Crippen molar-refractivity contribution in [3.05, 3.63) is 0 Å². The zero-order valence-electron chi connectivity index (χ0n) is 17.8. The molecule has 3 fully saturated rings. The molecule has 0 spiro atoms. The van der Waals surface area contributed by atoms with Crippen LogP contribution in [0.1, 0.15) is 46.5 Å². The van der Waals surface area contributed by atoms with Gasteiger partial charge in [0.2, 0.25) is 5.91 Å². The van der Waals surface area contributed by atoms with Crippen LogP contribution in [0.15, 0.2) is 0 Å². The molecule has 3 heterocycles. The minimum atomic E-state index is -0.477. The van der Waals surface area contributed by atoms with Crippen LogP contribution in [0.25, 0.3) is 0 Å². The van der Waals surface area contributed by atoms with E-state index in [2.05, 4.69) is 9.80 Å². The van der Waals surface area contributed by atoms with E-state index >= 15 is 0 Å². The number of hydrogen-bond acceptors (Lipinski definition) is 5. The van der Waals surface area contributed by atoms with Gasteiger partial charge in [0.25, 0.3) is 0 Å². The largest absolute Gasteiger partial charge is 0.444 e. The Morgan fingerprint density at radius 3 is 2.04 bits per heavy atom. The molecule has 0 aliphatic carbocycles. The maximum Gasteiger partial charge on any atom is 0.410 e. The molecule has 2 amide bonds. The van der Waals surface area contributed by atoms with Gasteiger partial charge in [-0.25, -0.2) is 4.79 Å². The molecule has 7 heteroatoms. The van der Waals surface area contributed by atoms with Crippen molar-refractivity contribution in [3.8, 4) is 0 Å². The molecule has 3 rings (SSSR count). The monoisotopic (exact) mass is 395 g/mol. The summed E-state index contributed by atoms with van der Waals surface area (Å²) in [5.74, 6) is 1.03. The second-order valence-corrected chi connectivity index (χ2v) is 9.42. The molecule has 7 nitrogen and oxygen atoms in total. The van der Waals surface area contributed by atoms with E-state index in [-0.39, 0.29) is 17.9 Å². The fourth-order valence-electron chi connectivity index (χ4n) is 4.38. The molecule has 0 N–H and O–H groups in total. The summed E-state index contributed by atoms with van der Waals surface area (Å²) in [5.41, 5.74) is -0.477. The number of nitrogens with zero attached hydrogens (tertiary/aromatic N) is 3. The van der Waals surface area contributed by atoms with E-state index in [0.29, 0.717) is 19.0 Å². The van der Waals surface area contributed by atoms with Crippen molar-refractivity contribution >= 4 is 12.0 Å². The number of morpholine rings is 1. The predicted octanol–water partition coefficient (Wildman–Crippen LogP) is 2.20. The fraction of sp³-hybridized carbons (Fsp3) is 0.905. The van der Waals surface area contributed by atoms with Crippen molar-refractivity contribution in [3.63, 3.8) is 0 Å². The SMILES string of the molecule is CC(C)(C)OC(=O)N1CCC(C(=O)N2CCC(CN3CCOCC3)CC2)CC1. The van der Waals surface area contributed by atoms with Crippen LogP contribution in [0, 0.1) is 11.8 Å². The van der Waals surface area contributed by atoms with Crippen LogP contribution in [0.5, 0.6) is 0 Å². The molecule has 3 aliphatic rings. The van der Waals surface area contributed by atoms with Gasteiger partial charge in [0.15, 0.2) is 0 Å². The first kappa shape index (κ1) is 21.4. The molecule has 0 atom stereocenters. The van der Waals surface area contributed by atoms with E-state index < -0.39 is 5.60 Å². The van der Waals surface area contributed by atoms with E-state index in [4.69, 9.17) is 9.47 Å². The molecule has 0 bridgehead atoms.